The van der Waals surface area contributed by atoms with Crippen molar-refractivity contribution < 1.29 is 18.3 Å². The third kappa shape index (κ3) is 2.71. The third-order valence-corrected chi connectivity index (χ3v) is 4.00. The molecule has 1 amide bonds. The van der Waals surface area contributed by atoms with Crippen LogP contribution >= 0.6 is 0 Å². The summed E-state index contributed by atoms with van der Waals surface area (Å²) < 4.78 is 33.5. The van der Waals surface area contributed by atoms with Gasteiger partial charge in [-0.1, -0.05) is 6.07 Å². The topological polar surface area (TPSA) is 42.4 Å². The molecule has 4 rings (SSSR count). The Bertz CT molecular complexity index is 961. The number of anilines is 1. The number of rotatable bonds is 3. The molecule has 0 fully saturated rings. The van der Waals surface area contributed by atoms with Gasteiger partial charge >= 0.3 is 0 Å². The van der Waals surface area contributed by atoms with Crippen LogP contribution in [-0.2, 0) is 6.54 Å². The van der Waals surface area contributed by atoms with Crippen molar-refractivity contribution >= 4 is 11.6 Å². The summed E-state index contributed by atoms with van der Waals surface area (Å²) in [7, 11) is 0. The minimum Gasteiger partial charge on any atom is -0.453 e. The molecule has 25 heavy (non-hydrogen) atoms. The number of aromatic nitrogens is 1. The molecular weight excluding hydrogens is 326 g/mol. The number of halogens is 2. The molecular formula is C19H12F2N2O2. The van der Waals surface area contributed by atoms with E-state index in [1.165, 1.54) is 41.4 Å². The van der Waals surface area contributed by atoms with Crippen molar-refractivity contribution in [2.24, 2.45) is 0 Å². The van der Waals surface area contributed by atoms with E-state index >= 15 is 0 Å². The van der Waals surface area contributed by atoms with E-state index in [9.17, 15) is 13.6 Å². The number of ether oxygens (including phenoxy) is 1. The van der Waals surface area contributed by atoms with Crippen LogP contribution in [0.5, 0.6) is 11.5 Å². The molecule has 3 aromatic rings. The number of hydrogen-bond acceptors (Lipinski definition) is 3. The minimum atomic E-state index is -0.567. The van der Waals surface area contributed by atoms with Gasteiger partial charge in [0.25, 0.3) is 5.91 Å². The number of benzene rings is 2. The zero-order valence-corrected chi connectivity index (χ0v) is 12.9. The van der Waals surface area contributed by atoms with Crippen LogP contribution in [0, 0.1) is 11.6 Å². The van der Waals surface area contributed by atoms with E-state index in [0.29, 0.717) is 22.6 Å². The van der Waals surface area contributed by atoms with Gasteiger partial charge in [0, 0.05) is 29.1 Å². The fourth-order valence-corrected chi connectivity index (χ4v) is 2.78. The Morgan fingerprint density at radius 1 is 1.04 bits per heavy atom. The second-order valence-electron chi connectivity index (χ2n) is 5.56. The first-order valence-corrected chi connectivity index (χ1v) is 7.60. The van der Waals surface area contributed by atoms with E-state index in [1.807, 2.05) is 0 Å². The lowest BCUT2D eigenvalue weighted by molar-refractivity contribution is 0.0996. The number of nitrogens with zero attached hydrogens (tertiary/aromatic N) is 2. The molecule has 0 saturated carbocycles. The van der Waals surface area contributed by atoms with Gasteiger partial charge in [0.1, 0.15) is 11.6 Å². The normalized spacial score (nSPS) is 13.0. The highest BCUT2D eigenvalue weighted by Crippen LogP contribution is 2.34. The number of fused-ring (bicyclic) bond motifs is 1. The molecule has 1 aromatic heterocycles. The van der Waals surface area contributed by atoms with Gasteiger partial charge in [0.2, 0.25) is 0 Å². The molecule has 0 bridgehead atoms. The Balaban J connectivity index is 1.67. The molecule has 1 aliphatic heterocycles. The SMILES string of the molecule is O=C1c2cccc(F)c2CN1c1ccc(F)c(Oc2cccnc2)c1. The Labute approximate surface area is 142 Å². The highest BCUT2D eigenvalue weighted by Gasteiger charge is 2.31. The van der Waals surface area contributed by atoms with Gasteiger partial charge in [-0.05, 0) is 36.4 Å². The first-order chi connectivity index (χ1) is 12.1. The van der Waals surface area contributed by atoms with Crippen molar-refractivity contribution in [3.05, 3.63) is 83.7 Å². The van der Waals surface area contributed by atoms with Gasteiger partial charge in [0.05, 0.1) is 12.7 Å². The predicted octanol–water partition coefficient (Wildman–Crippen LogP) is 4.31. The van der Waals surface area contributed by atoms with Crippen LogP contribution in [-0.4, -0.2) is 10.9 Å². The summed E-state index contributed by atoms with van der Waals surface area (Å²) in [5.74, 6) is -0.978. The highest BCUT2D eigenvalue weighted by molar-refractivity contribution is 6.10. The summed E-state index contributed by atoms with van der Waals surface area (Å²) in [5.41, 5.74) is 1.09. The van der Waals surface area contributed by atoms with Crippen molar-refractivity contribution in [1.29, 1.82) is 0 Å². The van der Waals surface area contributed by atoms with E-state index in [0.717, 1.165) is 0 Å². The van der Waals surface area contributed by atoms with Gasteiger partial charge in [-0.3, -0.25) is 9.78 Å². The van der Waals surface area contributed by atoms with Crippen molar-refractivity contribution in [3.63, 3.8) is 0 Å². The minimum absolute atomic E-state index is 0.0327. The maximum absolute atomic E-state index is 14.1. The molecule has 0 unspecified atom stereocenters. The molecule has 0 spiro atoms. The zero-order valence-electron chi connectivity index (χ0n) is 12.9. The fraction of sp³-hybridized carbons (Fsp3) is 0.0526. The van der Waals surface area contributed by atoms with Crippen molar-refractivity contribution in [2.45, 2.75) is 6.54 Å². The molecule has 0 N–H and O–H groups in total. The lowest BCUT2D eigenvalue weighted by Crippen LogP contribution is -2.23. The largest absolute Gasteiger partial charge is 0.453 e. The van der Waals surface area contributed by atoms with E-state index in [2.05, 4.69) is 4.98 Å². The lowest BCUT2D eigenvalue weighted by Gasteiger charge is -2.17. The predicted molar refractivity (Wildman–Crippen MR) is 87.6 cm³/mol. The van der Waals surface area contributed by atoms with Crippen LogP contribution < -0.4 is 9.64 Å². The maximum atomic E-state index is 14.1. The maximum Gasteiger partial charge on any atom is 0.259 e. The second kappa shape index (κ2) is 5.98. The first kappa shape index (κ1) is 15.3. The van der Waals surface area contributed by atoms with Crippen LogP contribution in [0.25, 0.3) is 0 Å². The Hall–Kier alpha value is -3.28. The number of hydrogen-bond donors (Lipinski definition) is 0. The van der Waals surface area contributed by atoms with E-state index in [-0.39, 0.29) is 18.2 Å². The van der Waals surface area contributed by atoms with Gasteiger partial charge in [0.15, 0.2) is 11.6 Å². The number of amides is 1. The van der Waals surface area contributed by atoms with Crippen molar-refractivity contribution in [1.82, 2.24) is 4.98 Å². The molecule has 4 nitrogen and oxygen atoms in total. The Morgan fingerprint density at radius 2 is 1.92 bits per heavy atom. The number of carbonyl (C=O) groups excluding carboxylic acids is 1. The fourth-order valence-electron chi connectivity index (χ4n) is 2.78. The van der Waals surface area contributed by atoms with Crippen LogP contribution in [0.3, 0.4) is 0 Å². The standard InChI is InChI=1S/C19H12F2N2O2/c20-16-5-1-4-14-15(16)11-23(19(14)24)12-6-7-17(21)18(9-12)25-13-3-2-8-22-10-13/h1-10H,11H2. The summed E-state index contributed by atoms with van der Waals surface area (Å²) in [6.45, 7) is 0.0960. The van der Waals surface area contributed by atoms with Crippen LogP contribution in [0.4, 0.5) is 14.5 Å². The van der Waals surface area contributed by atoms with Crippen molar-refractivity contribution in [3.8, 4) is 11.5 Å². The van der Waals surface area contributed by atoms with Gasteiger partial charge in [-0.25, -0.2) is 8.78 Å². The lowest BCUT2D eigenvalue weighted by atomic mass is 10.1. The molecule has 6 heteroatoms. The van der Waals surface area contributed by atoms with Gasteiger partial charge in [-0.15, -0.1) is 0 Å². The first-order valence-electron chi connectivity index (χ1n) is 7.60. The van der Waals surface area contributed by atoms with E-state index < -0.39 is 11.6 Å². The highest BCUT2D eigenvalue weighted by atomic mass is 19.1. The molecule has 0 aliphatic carbocycles. The van der Waals surface area contributed by atoms with Crippen LogP contribution in [0.15, 0.2) is 60.9 Å². The summed E-state index contributed by atoms with van der Waals surface area (Å²) in [5, 5.41) is 0. The summed E-state index contributed by atoms with van der Waals surface area (Å²) >= 11 is 0. The zero-order chi connectivity index (χ0) is 17.4. The molecule has 124 valence electrons. The van der Waals surface area contributed by atoms with Crippen molar-refractivity contribution in [2.75, 3.05) is 4.90 Å². The Kier molecular flexibility index (Phi) is 3.65. The quantitative estimate of drug-likeness (QED) is 0.714. The van der Waals surface area contributed by atoms with E-state index in [4.69, 9.17) is 4.74 Å². The summed E-state index contributed by atoms with van der Waals surface area (Å²) in [4.78, 5) is 17.8. The third-order valence-electron chi connectivity index (χ3n) is 4.00. The summed E-state index contributed by atoms with van der Waals surface area (Å²) in [6.07, 6.45) is 3.03. The van der Waals surface area contributed by atoms with Crippen LogP contribution in [0.1, 0.15) is 15.9 Å². The molecule has 1 aliphatic rings. The molecule has 0 saturated heterocycles. The smallest absolute Gasteiger partial charge is 0.259 e. The van der Waals surface area contributed by atoms with Gasteiger partial charge in [-0.2, -0.15) is 0 Å². The average molecular weight is 338 g/mol. The average Bonchev–Trinajstić information content (AvgIpc) is 2.96. The summed E-state index contributed by atoms with van der Waals surface area (Å²) in [6, 6.07) is 11.8. The number of pyridine rings is 1. The van der Waals surface area contributed by atoms with Crippen LogP contribution in [0.2, 0.25) is 0 Å². The van der Waals surface area contributed by atoms with E-state index in [1.54, 1.807) is 24.4 Å². The Morgan fingerprint density at radius 3 is 2.68 bits per heavy atom. The monoisotopic (exact) mass is 338 g/mol. The molecule has 0 radical (unpaired) electrons. The molecule has 0 atom stereocenters. The van der Waals surface area contributed by atoms with Gasteiger partial charge < -0.3 is 9.64 Å². The molecule has 2 aromatic carbocycles. The second-order valence-corrected chi connectivity index (χ2v) is 5.56. The number of carbonyl (C=O) groups is 1. The molecule has 2 heterocycles.